The number of nitrogens with one attached hydrogen (secondary N) is 2. The number of piperidine rings is 1. The molecule has 1 aromatic rings. The third kappa shape index (κ3) is 4.76. The van der Waals surface area contributed by atoms with Crippen molar-refractivity contribution in [1.29, 1.82) is 0 Å². The Balaban J connectivity index is 0.00000243. The number of hydrogen-bond acceptors (Lipinski definition) is 5. The molecule has 2 N–H and O–H groups in total. The second-order valence-corrected chi connectivity index (χ2v) is 10.4. The largest absolute Gasteiger partial charge is 0.314 e. The molecule has 2 atom stereocenters. The Morgan fingerprint density at radius 1 is 1.12 bits per heavy atom. The molecule has 0 spiro atoms. The van der Waals surface area contributed by atoms with Crippen molar-refractivity contribution < 1.29 is 16.8 Å². The van der Waals surface area contributed by atoms with E-state index in [-0.39, 0.29) is 34.3 Å². The Morgan fingerprint density at radius 2 is 1.77 bits per heavy atom. The first-order chi connectivity index (χ1) is 11.8. The molecule has 2 fully saturated rings. The Bertz CT molecular complexity index is 824. The maximum Gasteiger partial charge on any atom is 0.243 e. The van der Waals surface area contributed by atoms with E-state index < -0.39 is 20.0 Å². The summed E-state index contributed by atoms with van der Waals surface area (Å²) < 4.78 is 54.8. The minimum atomic E-state index is -3.75. The summed E-state index contributed by atoms with van der Waals surface area (Å²) in [4.78, 5) is 0.0370. The summed E-state index contributed by atoms with van der Waals surface area (Å²) in [5.41, 5.74) is 0. The van der Waals surface area contributed by atoms with E-state index in [0.29, 0.717) is 19.5 Å². The van der Waals surface area contributed by atoms with Crippen LogP contribution in [0.15, 0.2) is 34.1 Å². The van der Waals surface area contributed by atoms with Gasteiger partial charge in [-0.15, -0.1) is 12.4 Å². The van der Waals surface area contributed by atoms with Crippen LogP contribution in [0.1, 0.15) is 32.6 Å². The molecule has 2 heterocycles. The molecular formula is C16H26ClN3O4S2. The molecule has 10 heteroatoms. The van der Waals surface area contributed by atoms with Crippen LogP contribution in [0, 0.1) is 0 Å². The van der Waals surface area contributed by atoms with Gasteiger partial charge in [0.1, 0.15) is 0 Å². The Morgan fingerprint density at radius 3 is 2.42 bits per heavy atom. The van der Waals surface area contributed by atoms with Crippen molar-refractivity contribution in [2.45, 2.75) is 54.5 Å². The molecule has 2 aliphatic heterocycles. The molecule has 0 radical (unpaired) electrons. The van der Waals surface area contributed by atoms with Gasteiger partial charge in [0, 0.05) is 25.2 Å². The van der Waals surface area contributed by atoms with Crippen molar-refractivity contribution in [2.75, 3.05) is 19.6 Å². The quantitative estimate of drug-likeness (QED) is 0.744. The predicted molar refractivity (Wildman–Crippen MR) is 102 cm³/mol. The summed E-state index contributed by atoms with van der Waals surface area (Å²) in [6, 6.07) is 5.77. The zero-order valence-corrected chi connectivity index (χ0v) is 17.2. The molecule has 3 rings (SSSR count). The van der Waals surface area contributed by atoms with E-state index in [9.17, 15) is 16.8 Å². The number of benzene rings is 1. The second kappa shape index (κ2) is 8.53. The monoisotopic (exact) mass is 423 g/mol. The van der Waals surface area contributed by atoms with Crippen molar-refractivity contribution in [3.8, 4) is 0 Å². The van der Waals surface area contributed by atoms with Crippen molar-refractivity contribution >= 4 is 32.5 Å². The minimum Gasteiger partial charge on any atom is -0.314 e. The minimum absolute atomic E-state index is 0. The Labute approximate surface area is 162 Å². The van der Waals surface area contributed by atoms with E-state index >= 15 is 0 Å². The highest BCUT2D eigenvalue weighted by molar-refractivity contribution is 7.90. The molecule has 2 aliphatic rings. The Kier molecular flexibility index (Phi) is 7.09. The number of rotatable bonds is 5. The van der Waals surface area contributed by atoms with Crippen LogP contribution in [0.4, 0.5) is 0 Å². The molecule has 2 saturated heterocycles. The molecular weight excluding hydrogens is 398 g/mol. The van der Waals surface area contributed by atoms with Gasteiger partial charge >= 0.3 is 0 Å². The van der Waals surface area contributed by atoms with Gasteiger partial charge in [0.15, 0.2) is 0 Å². The van der Waals surface area contributed by atoms with Gasteiger partial charge in [0.05, 0.1) is 9.79 Å². The van der Waals surface area contributed by atoms with Crippen molar-refractivity contribution in [1.82, 2.24) is 14.3 Å². The average Bonchev–Trinajstić information content (AvgIpc) is 3.10. The molecule has 2 unspecified atom stereocenters. The van der Waals surface area contributed by atoms with Gasteiger partial charge in [-0.2, -0.15) is 4.31 Å². The number of nitrogens with zero attached hydrogens (tertiary/aromatic N) is 1. The molecule has 7 nitrogen and oxygen atoms in total. The third-order valence-corrected chi connectivity index (χ3v) is 8.18. The lowest BCUT2D eigenvalue weighted by Crippen LogP contribution is -2.46. The van der Waals surface area contributed by atoms with Crippen LogP contribution < -0.4 is 10.0 Å². The zero-order valence-electron chi connectivity index (χ0n) is 14.7. The van der Waals surface area contributed by atoms with Crippen LogP contribution in [0.3, 0.4) is 0 Å². The summed E-state index contributed by atoms with van der Waals surface area (Å²) in [6.07, 6.45) is 3.11. The Hall–Kier alpha value is -0.710. The summed E-state index contributed by atoms with van der Waals surface area (Å²) in [5, 5.41) is 3.28. The maximum absolute atomic E-state index is 12.7. The summed E-state index contributed by atoms with van der Waals surface area (Å²) >= 11 is 0. The van der Waals surface area contributed by atoms with Crippen LogP contribution in [-0.4, -0.2) is 52.9 Å². The van der Waals surface area contributed by atoms with Crippen LogP contribution in [0.25, 0.3) is 0 Å². The number of halogens is 1. The predicted octanol–water partition coefficient (Wildman–Crippen LogP) is 1.31. The highest BCUT2D eigenvalue weighted by atomic mass is 35.5. The van der Waals surface area contributed by atoms with Crippen LogP contribution in [0.2, 0.25) is 0 Å². The van der Waals surface area contributed by atoms with Gasteiger partial charge in [-0.1, -0.05) is 6.07 Å². The van der Waals surface area contributed by atoms with Gasteiger partial charge < -0.3 is 5.32 Å². The number of sulfonamides is 2. The lowest BCUT2D eigenvalue weighted by molar-refractivity contribution is 0.361. The molecule has 0 saturated carbocycles. The average molecular weight is 424 g/mol. The molecule has 0 aliphatic carbocycles. The molecule has 0 aromatic heterocycles. The zero-order chi connectivity index (χ0) is 18.1. The highest BCUT2D eigenvalue weighted by Gasteiger charge is 2.29. The van der Waals surface area contributed by atoms with Crippen molar-refractivity contribution in [2.24, 2.45) is 0 Å². The smallest absolute Gasteiger partial charge is 0.243 e. The molecule has 1 aromatic carbocycles. The first kappa shape index (κ1) is 21.6. The lowest BCUT2D eigenvalue weighted by Gasteiger charge is -2.28. The van der Waals surface area contributed by atoms with E-state index in [2.05, 4.69) is 10.0 Å². The first-order valence-corrected chi connectivity index (χ1v) is 11.6. The van der Waals surface area contributed by atoms with Crippen LogP contribution in [0.5, 0.6) is 0 Å². The summed E-state index contributed by atoms with van der Waals surface area (Å²) in [7, 11) is -7.38. The van der Waals surface area contributed by atoms with Gasteiger partial charge in [0.25, 0.3) is 0 Å². The molecule has 0 bridgehead atoms. The maximum atomic E-state index is 12.7. The van der Waals surface area contributed by atoms with E-state index in [4.69, 9.17) is 0 Å². The number of hydrogen-bond donors (Lipinski definition) is 2. The summed E-state index contributed by atoms with van der Waals surface area (Å²) in [5.74, 6) is 0. The van der Waals surface area contributed by atoms with E-state index in [1.54, 1.807) is 0 Å². The topological polar surface area (TPSA) is 95.6 Å². The normalized spacial score (nSPS) is 25.0. The van der Waals surface area contributed by atoms with Gasteiger partial charge in [0.2, 0.25) is 20.0 Å². The highest BCUT2D eigenvalue weighted by Crippen LogP contribution is 2.23. The fourth-order valence-electron chi connectivity index (χ4n) is 3.41. The van der Waals surface area contributed by atoms with Gasteiger partial charge in [-0.25, -0.2) is 21.6 Å². The molecule has 26 heavy (non-hydrogen) atoms. The van der Waals surface area contributed by atoms with Crippen molar-refractivity contribution in [3.63, 3.8) is 0 Å². The lowest BCUT2D eigenvalue weighted by atomic mass is 10.0. The fraction of sp³-hybridized carbons (Fsp3) is 0.625. The van der Waals surface area contributed by atoms with E-state index in [1.807, 2.05) is 6.92 Å². The molecule has 0 amide bonds. The van der Waals surface area contributed by atoms with Crippen molar-refractivity contribution in [3.05, 3.63) is 24.3 Å². The first-order valence-electron chi connectivity index (χ1n) is 8.65. The second-order valence-electron chi connectivity index (χ2n) is 6.78. The van der Waals surface area contributed by atoms with E-state index in [1.165, 1.54) is 28.6 Å². The third-order valence-electron chi connectivity index (χ3n) is 4.76. The molecule has 148 valence electrons. The van der Waals surface area contributed by atoms with Crippen LogP contribution >= 0.6 is 12.4 Å². The SMILES string of the molecule is CC1CC(NS(=O)(=O)c2cccc(S(=O)(=O)N3CCCC3)c2)CCN1.Cl. The van der Waals surface area contributed by atoms with E-state index in [0.717, 1.165) is 25.8 Å². The standard InChI is InChI=1S/C16H25N3O4S2.ClH/c1-13-11-14(7-8-17-13)18-24(20,21)15-5-4-6-16(12-15)25(22,23)19-9-2-3-10-19;/h4-6,12-14,17-18H,2-3,7-11H2,1H3;1H. The van der Waals surface area contributed by atoms with Crippen LogP contribution in [-0.2, 0) is 20.0 Å². The summed E-state index contributed by atoms with van der Waals surface area (Å²) in [6.45, 7) is 3.76. The van der Waals surface area contributed by atoms with Gasteiger partial charge in [-0.3, -0.25) is 0 Å². The fourth-order valence-corrected chi connectivity index (χ4v) is 6.37. The van der Waals surface area contributed by atoms with Gasteiger partial charge in [-0.05, 0) is 57.4 Å².